The van der Waals surface area contributed by atoms with Crippen molar-refractivity contribution in [2.75, 3.05) is 19.8 Å². The Kier molecular flexibility index (Phi) is 10.7. The molecule has 14 heteroatoms. The monoisotopic (exact) mass is 517 g/mol. The number of carbonyl (C=O) groups is 2. The predicted molar refractivity (Wildman–Crippen MR) is 120 cm³/mol. The molecule has 2 bridgehead atoms. The van der Waals surface area contributed by atoms with Crippen molar-refractivity contribution in [2.24, 2.45) is 5.11 Å². The van der Waals surface area contributed by atoms with Gasteiger partial charge in [0.05, 0.1) is 6.61 Å². The van der Waals surface area contributed by atoms with E-state index in [1.54, 1.807) is 0 Å². The fourth-order valence-corrected chi connectivity index (χ4v) is 4.41. The molecule has 0 amide bonds. The first-order valence-corrected chi connectivity index (χ1v) is 12.3. The number of hydrogen-bond donors (Lipinski definition) is 2. The van der Waals surface area contributed by atoms with Gasteiger partial charge in [-0.25, -0.2) is 4.79 Å². The normalized spacial score (nSPS) is 37.8. The van der Waals surface area contributed by atoms with Crippen LogP contribution in [0.2, 0.25) is 0 Å². The Morgan fingerprint density at radius 2 is 1.72 bits per heavy atom. The summed E-state index contributed by atoms with van der Waals surface area (Å²) < 4.78 is 40.5. The summed E-state index contributed by atoms with van der Waals surface area (Å²) >= 11 is 0. The molecule has 3 aliphatic rings. The zero-order valence-corrected chi connectivity index (χ0v) is 20.6. The summed E-state index contributed by atoms with van der Waals surface area (Å²) in [7, 11) is 0. The largest absolute Gasteiger partial charge is 0.479 e. The zero-order valence-electron chi connectivity index (χ0n) is 20.6. The molecule has 3 aliphatic heterocycles. The quantitative estimate of drug-likeness (QED) is 0.118. The Morgan fingerprint density at radius 1 is 1.06 bits per heavy atom. The molecule has 10 atom stereocenters. The number of fused-ring (bicyclic) bond motifs is 2. The lowest BCUT2D eigenvalue weighted by molar-refractivity contribution is -0.336. The molecule has 3 fully saturated rings. The number of azide groups is 1. The number of unbranched alkanes of at least 4 members (excludes halogenated alkanes) is 2. The van der Waals surface area contributed by atoms with Gasteiger partial charge in [0.2, 0.25) is 0 Å². The van der Waals surface area contributed by atoms with Gasteiger partial charge in [0.15, 0.2) is 18.7 Å². The molecule has 2 N–H and O–H groups in total. The zero-order chi connectivity index (χ0) is 26.2. The van der Waals surface area contributed by atoms with E-state index in [1.165, 1.54) is 6.92 Å². The maximum Gasteiger partial charge on any atom is 0.335 e. The van der Waals surface area contributed by atoms with Gasteiger partial charge in [-0.15, -0.1) is 0 Å². The minimum Gasteiger partial charge on any atom is -0.479 e. The first-order valence-electron chi connectivity index (χ1n) is 12.3. The lowest BCUT2D eigenvalue weighted by Crippen LogP contribution is -2.64. The van der Waals surface area contributed by atoms with Gasteiger partial charge in [-0.3, -0.25) is 4.79 Å². The molecule has 0 aromatic heterocycles. The Balaban J connectivity index is 1.92. The molecule has 204 valence electrons. The van der Waals surface area contributed by atoms with Gasteiger partial charge in [0.25, 0.3) is 0 Å². The van der Waals surface area contributed by atoms with Crippen LogP contribution in [0.5, 0.6) is 0 Å². The fraction of sp³-hybridized carbons (Fsp3) is 0.909. The Morgan fingerprint density at radius 3 is 2.31 bits per heavy atom. The molecule has 0 spiro atoms. The summed E-state index contributed by atoms with van der Waals surface area (Å²) in [6, 6.07) is -1.05. The Hall–Kier alpha value is -2.03. The molecule has 6 unspecified atom stereocenters. The molecular formula is C22H35N3O11. The molecule has 0 aromatic rings. The van der Waals surface area contributed by atoms with Gasteiger partial charge in [0, 0.05) is 25.0 Å². The van der Waals surface area contributed by atoms with Gasteiger partial charge in [0.1, 0.15) is 42.7 Å². The molecule has 36 heavy (non-hydrogen) atoms. The summed E-state index contributed by atoms with van der Waals surface area (Å²) in [5.74, 6) is -2.05. The van der Waals surface area contributed by atoms with Crippen LogP contribution in [0.1, 0.15) is 46.5 Å². The van der Waals surface area contributed by atoms with Crippen LogP contribution in [0.15, 0.2) is 5.11 Å². The number of aliphatic hydroxyl groups is 1. The number of rotatable bonds is 13. The second-order valence-corrected chi connectivity index (χ2v) is 8.88. The number of aliphatic hydroxyl groups excluding tert-OH is 1. The van der Waals surface area contributed by atoms with Crippen LogP contribution < -0.4 is 0 Å². The summed E-state index contributed by atoms with van der Waals surface area (Å²) in [5, 5.41) is 24.2. The molecule has 3 heterocycles. The highest BCUT2D eigenvalue weighted by Gasteiger charge is 2.57. The fourth-order valence-electron chi connectivity index (χ4n) is 4.41. The lowest BCUT2D eigenvalue weighted by atomic mass is 9.96. The SMILES string of the molecule is CCCCOC1C(OCCCC)[C@H](O)C(C(=O)O)O[C@H]1O[C@@H]1C2CO[C@H](O2)C(N=[N+]=[N-])C1OC(C)=O. The first kappa shape index (κ1) is 28.5. The van der Waals surface area contributed by atoms with Crippen LogP contribution in [0.4, 0.5) is 0 Å². The average Bonchev–Trinajstić information content (AvgIpc) is 3.27. The van der Waals surface area contributed by atoms with Crippen molar-refractivity contribution < 1.29 is 53.0 Å². The van der Waals surface area contributed by atoms with Gasteiger partial charge in [-0.1, -0.05) is 31.8 Å². The van der Waals surface area contributed by atoms with Crippen molar-refractivity contribution in [2.45, 2.75) is 108 Å². The van der Waals surface area contributed by atoms with Gasteiger partial charge in [-0.05, 0) is 18.4 Å². The second kappa shape index (κ2) is 13.5. The standard InChI is InChI=1S/C22H35N3O11/c1-4-6-8-30-17-14(27)18(20(28)29)36-22(19(17)31-9-7-5-2)35-15-12-10-32-21(34-12)13(24-25-23)16(15)33-11(3)26/h12-19,21-22,27H,4-10H2,1-3H3,(H,28,29)/t12?,13?,14-,15+,16?,17?,18?,19?,21+,22+/m0/s1. The summed E-state index contributed by atoms with van der Waals surface area (Å²) in [5.41, 5.74) is 9.04. The van der Waals surface area contributed by atoms with Crippen molar-refractivity contribution in [1.82, 2.24) is 0 Å². The minimum absolute atomic E-state index is 0.0556. The molecule has 0 saturated carbocycles. The van der Waals surface area contributed by atoms with Crippen molar-refractivity contribution in [1.29, 1.82) is 0 Å². The van der Waals surface area contributed by atoms with Gasteiger partial charge < -0.3 is 43.4 Å². The van der Waals surface area contributed by atoms with Crippen LogP contribution in [0.3, 0.4) is 0 Å². The molecule has 3 saturated heterocycles. The summed E-state index contributed by atoms with van der Waals surface area (Å²) in [6.45, 7) is 5.76. The molecule has 0 radical (unpaired) electrons. The third kappa shape index (κ3) is 6.64. The molecule has 14 nitrogen and oxygen atoms in total. The molecular weight excluding hydrogens is 482 g/mol. The van der Waals surface area contributed by atoms with E-state index in [-0.39, 0.29) is 19.8 Å². The van der Waals surface area contributed by atoms with Crippen LogP contribution in [0.25, 0.3) is 10.4 Å². The number of aliphatic carboxylic acids is 1. The number of ether oxygens (including phenoxy) is 7. The number of carboxylic acid groups (broad SMARTS) is 1. The van der Waals surface area contributed by atoms with Crippen molar-refractivity contribution in [3.8, 4) is 0 Å². The molecule has 3 rings (SSSR count). The third-order valence-electron chi connectivity index (χ3n) is 6.20. The number of hydrogen-bond acceptors (Lipinski definition) is 11. The van der Waals surface area contributed by atoms with Gasteiger partial charge in [-0.2, -0.15) is 0 Å². The molecule has 0 aromatic carbocycles. The van der Waals surface area contributed by atoms with Crippen LogP contribution in [-0.2, 0) is 42.7 Å². The van der Waals surface area contributed by atoms with E-state index in [0.29, 0.717) is 12.8 Å². The van der Waals surface area contributed by atoms with Crippen molar-refractivity contribution in [3.05, 3.63) is 10.4 Å². The van der Waals surface area contributed by atoms with Gasteiger partial charge >= 0.3 is 11.9 Å². The maximum atomic E-state index is 11.9. The average molecular weight is 518 g/mol. The number of esters is 1. The number of nitrogens with zero attached hydrogens (tertiary/aromatic N) is 3. The predicted octanol–water partition coefficient (Wildman–Crippen LogP) is 1.28. The van der Waals surface area contributed by atoms with E-state index in [0.717, 1.165) is 12.8 Å². The number of carbonyl (C=O) groups excluding carboxylic acids is 1. The Bertz CT molecular complexity index is 795. The van der Waals surface area contributed by atoms with Crippen LogP contribution in [-0.4, -0.2) is 103 Å². The van der Waals surface area contributed by atoms with E-state index in [1.807, 2.05) is 13.8 Å². The van der Waals surface area contributed by atoms with Crippen LogP contribution >= 0.6 is 0 Å². The van der Waals surface area contributed by atoms with Crippen LogP contribution in [0, 0.1) is 0 Å². The minimum atomic E-state index is -1.66. The van der Waals surface area contributed by atoms with E-state index in [9.17, 15) is 19.8 Å². The highest BCUT2D eigenvalue weighted by Crippen LogP contribution is 2.37. The second-order valence-electron chi connectivity index (χ2n) is 8.88. The summed E-state index contributed by atoms with van der Waals surface area (Å²) in [6.07, 6.45) is -7.34. The smallest absolute Gasteiger partial charge is 0.335 e. The highest BCUT2D eigenvalue weighted by atomic mass is 16.8. The van der Waals surface area contributed by atoms with E-state index in [2.05, 4.69) is 10.0 Å². The van der Waals surface area contributed by atoms with E-state index in [4.69, 9.17) is 38.7 Å². The third-order valence-corrected chi connectivity index (χ3v) is 6.20. The van der Waals surface area contributed by atoms with E-state index < -0.39 is 73.3 Å². The Labute approximate surface area is 208 Å². The highest BCUT2D eigenvalue weighted by molar-refractivity contribution is 5.73. The summed E-state index contributed by atoms with van der Waals surface area (Å²) in [4.78, 5) is 26.6. The maximum absolute atomic E-state index is 11.9. The van der Waals surface area contributed by atoms with Crippen molar-refractivity contribution >= 4 is 11.9 Å². The molecule has 0 aliphatic carbocycles. The topological polar surface area (TPSA) is 188 Å². The lowest BCUT2D eigenvalue weighted by Gasteiger charge is -2.46. The first-order chi connectivity index (χ1) is 17.3. The van der Waals surface area contributed by atoms with Crippen molar-refractivity contribution in [3.63, 3.8) is 0 Å². The number of carboxylic acids is 1. The van der Waals surface area contributed by atoms with E-state index >= 15 is 0 Å².